The summed E-state index contributed by atoms with van der Waals surface area (Å²) >= 11 is 12.6. The lowest BCUT2D eigenvalue weighted by atomic mass is 10.1. The third-order valence-corrected chi connectivity index (χ3v) is 6.99. The molecular weight excluding hydrogens is 461 g/mol. The van der Waals surface area contributed by atoms with Gasteiger partial charge in [0.15, 0.2) is 5.82 Å². The first-order valence-corrected chi connectivity index (χ1v) is 11.8. The molecule has 0 radical (unpaired) electrons. The van der Waals surface area contributed by atoms with Crippen LogP contribution in [0.1, 0.15) is 42.8 Å². The first-order chi connectivity index (χ1) is 16.1. The van der Waals surface area contributed by atoms with Crippen molar-refractivity contribution >= 4 is 34.1 Å². The van der Waals surface area contributed by atoms with Crippen molar-refractivity contribution in [2.45, 2.75) is 39.0 Å². The highest BCUT2D eigenvalue weighted by molar-refractivity contribution is 6.35. The average molecular weight is 484 g/mol. The van der Waals surface area contributed by atoms with Crippen LogP contribution in [0.5, 0.6) is 5.75 Å². The summed E-state index contributed by atoms with van der Waals surface area (Å²) in [7, 11) is 0. The van der Waals surface area contributed by atoms with Crippen molar-refractivity contribution in [3.63, 3.8) is 0 Å². The van der Waals surface area contributed by atoms with Crippen LogP contribution in [0.4, 0.5) is 0 Å². The van der Waals surface area contributed by atoms with E-state index in [4.69, 9.17) is 32.9 Å². The number of H-pyrrole nitrogens is 2. The van der Waals surface area contributed by atoms with E-state index in [1.54, 1.807) is 12.4 Å². The molecule has 5 heterocycles. The van der Waals surface area contributed by atoms with E-state index in [0.717, 1.165) is 60.0 Å². The molecule has 2 N–H and O–H groups in total. The van der Waals surface area contributed by atoms with Crippen molar-refractivity contribution in [3.05, 3.63) is 57.6 Å². The second-order valence-electron chi connectivity index (χ2n) is 8.55. The Morgan fingerprint density at radius 3 is 2.61 bits per heavy atom. The SMILES string of the molecule is C[C@@H](Oc1ccc2[nH]nc(-c3nc4c([nH]3)CN(N3CCCC3)C4)c2c1)c1c(Cl)cncc1Cl. The zero-order chi connectivity index (χ0) is 22.5. The minimum atomic E-state index is -0.343. The quantitative estimate of drug-likeness (QED) is 0.409. The molecule has 0 spiro atoms. The fraction of sp³-hybridized carbons (Fsp3) is 0.348. The molecule has 0 bridgehead atoms. The Balaban J connectivity index is 1.26. The molecule has 170 valence electrons. The van der Waals surface area contributed by atoms with Gasteiger partial charge in [-0.05, 0) is 38.0 Å². The van der Waals surface area contributed by atoms with Crippen LogP contribution in [0.2, 0.25) is 10.0 Å². The van der Waals surface area contributed by atoms with E-state index in [-0.39, 0.29) is 6.10 Å². The Labute approximate surface area is 200 Å². The number of imidazole rings is 1. The maximum absolute atomic E-state index is 6.30. The fourth-order valence-electron chi connectivity index (χ4n) is 4.73. The van der Waals surface area contributed by atoms with Crippen molar-refractivity contribution in [1.82, 2.24) is 35.2 Å². The van der Waals surface area contributed by atoms with E-state index in [0.29, 0.717) is 21.4 Å². The summed E-state index contributed by atoms with van der Waals surface area (Å²) in [6, 6.07) is 5.83. The molecule has 3 aromatic heterocycles. The molecule has 6 rings (SSSR count). The van der Waals surface area contributed by atoms with E-state index in [9.17, 15) is 0 Å². The molecule has 1 saturated heterocycles. The second kappa shape index (κ2) is 8.29. The number of nitrogens with one attached hydrogen (secondary N) is 2. The molecule has 4 aromatic rings. The van der Waals surface area contributed by atoms with Gasteiger partial charge in [-0.15, -0.1) is 0 Å². The first kappa shape index (κ1) is 20.9. The smallest absolute Gasteiger partial charge is 0.159 e. The zero-order valence-electron chi connectivity index (χ0n) is 18.1. The van der Waals surface area contributed by atoms with Gasteiger partial charge in [0, 0.05) is 36.4 Å². The summed E-state index contributed by atoms with van der Waals surface area (Å²) in [6.07, 6.45) is 5.34. The standard InChI is InChI=1S/C23H23Cl2N7O/c1-13(21-16(24)9-26-10-17(21)25)33-14-4-5-18-15(8-14)22(30-29-18)23-27-19-11-32(12-20(19)28-23)31-6-2-3-7-31/h4-5,8-10,13H,2-3,6-7,11-12H2,1H3,(H,27,28)(H,29,30)/t13-/m1/s1. The maximum atomic E-state index is 6.30. The van der Waals surface area contributed by atoms with Crippen LogP contribution >= 0.6 is 23.2 Å². The van der Waals surface area contributed by atoms with E-state index in [2.05, 4.69) is 30.2 Å². The van der Waals surface area contributed by atoms with E-state index >= 15 is 0 Å². The van der Waals surface area contributed by atoms with Crippen LogP contribution in [-0.4, -0.2) is 48.3 Å². The molecule has 1 aromatic carbocycles. The Bertz CT molecular complexity index is 1280. The topological polar surface area (TPSA) is 86.0 Å². The minimum absolute atomic E-state index is 0.343. The average Bonchev–Trinajstić information content (AvgIpc) is 3.55. The molecule has 2 aliphatic rings. The number of hydrogen-bond acceptors (Lipinski definition) is 6. The van der Waals surface area contributed by atoms with Crippen molar-refractivity contribution in [2.75, 3.05) is 13.1 Å². The van der Waals surface area contributed by atoms with Gasteiger partial charge < -0.3 is 9.72 Å². The van der Waals surface area contributed by atoms with Gasteiger partial charge in [-0.2, -0.15) is 5.10 Å². The van der Waals surface area contributed by atoms with Gasteiger partial charge in [0.2, 0.25) is 0 Å². The Hall–Kier alpha value is -2.65. The molecule has 0 saturated carbocycles. The van der Waals surface area contributed by atoms with Crippen molar-refractivity contribution in [2.24, 2.45) is 0 Å². The summed E-state index contributed by atoms with van der Waals surface area (Å²) in [4.78, 5) is 12.4. The fourth-order valence-corrected chi connectivity index (χ4v) is 5.41. The summed E-state index contributed by atoms with van der Waals surface area (Å²) in [5.74, 6) is 1.47. The van der Waals surface area contributed by atoms with Crippen LogP contribution in [0.15, 0.2) is 30.6 Å². The van der Waals surface area contributed by atoms with Crippen LogP contribution in [-0.2, 0) is 13.1 Å². The second-order valence-corrected chi connectivity index (χ2v) is 9.37. The third kappa shape index (κ3) is 3.77. The van der Waals surface area contributed by atoms with Gasteiger partial charge in [0.1, 0.15) is 17.5 Å². The monoisotopic (exact) mass is 483 g/mol. The minimum Gasteiger partial charge on any atom is -0.486 e. The van der Waals surface area contributed by atoms with Crippen molar-refractivity contribution in [1.29, 1.82) is 0 Å². The normalized spacial score (nSPS) is 17.7. The number of hydrazine groups is 1. The lowest BCUT2D eigenvalue weighted by Crippen LogP contribution is -2.36. The number of benzene rings is 1. The van der Waals surface area contributed by atoms with Gasteiger partial charge in [0.05, 0.1) is 40.0 Å². The zero-order valence-corrected chi connectivity index (χ0v) is 19.6. The van der Waals surface area contributed by atoms with Gasteiger partial charge in [-0.1, -0.05) is 23.2 Å². The number of fused-ring (bicyclic) bond motifs is 2. The lowest BCUT2D eigenvalue weighted by molar-refractivity contribution is -0.00930. The molecule has 33 heavy (non-hydrogen) atoms. The predicted molar refractivity (Wildman–Crippen MR) is 127 cm³/mol. The van der Waals surface area contributed by atoms with Gasteiger partial charge >= 0.3 is 0 Å². The summed E-state index contributed by atoms with van der Waals surface area (Å²) in [6.45, 7) is 5.89. The summed E-state index contributed by atoms with van der Waals surface area (Å²) in [5.41, 5.74) is 4.67. The van der Waals surface area contributed by atoms with E-state index in [1.807, 2.05) is 25.1 Å². The first-order valence-electron chi connectivity index (χ1n) is 11.1. The number of aromatic nitrogens is 5. The highest BCUT2D eigenvalue weighted by Gasteiger charge is 2.29. The van der Waals surface area contributed by atoms with Gasteiger partial charge in [0.25, 0.3) is 0 Å². The van der Waals surface area contributed by atoms with Gasteiger partial charge in [-0.3, -0.25) is 10.1 Å². The van der Waals surface area contributed by atoms with Crippen molar-refractivity contribution in [3.8, 4) is 17.3 Å². The van der Waals surface area contributed by atoms with Crippen LogP contribution in [0.3, 0.4) is 0 Å². The van der Waals surface area contributed by atoms with Crippen LogP contribution in [0, 0.1) is 0 Å². The predicted octanol–water partition coefficient (Wildman–Crippen LogP) is 5.12. The third-order valence-electron chi connectivity index (χ3n) is 6.39. The largest absolute Gasteiger partial charge is 0.486 e. The summed E-state index contributed by atoms with van der Waals surface area (Å²) < 4.78 is 6.18. The van der Waals surface area contributed by atoms with Crippen LogP contribution < -0.4 is 4.74 Å². The van der Waals surface area contributed by atoms with Crippen LogP contribution in [0.25, 0.3) is 22.4 Å². The molecule has 0 unspecified atom stereocenters. The molecule has 10 heteroatoms. The van der Waals surface area contributed by atoms with Gasteiger partial charge in [-0.25, -0.2) is 15.0 Å². The Morgan fingerprint density at radius 2 is 1.85 bits per heavy atom. The molecule has 8 nitrogen and oxygen atoms in total. The van der Waals surface area contributed by atoms with E-state index in [1.165, 1.54) is 12.8 Å². The molecule has 1 fully saturated rings. The number of hydrogen-bond donors (Lipinski definition) is 2. The lowest BCUT2D eigenvalue weighted by Gasteiger charge is -2.26. The highest BCUT2D eigenvalue weighted by atomic mass is 35.5. The highest BCUT2D eigenvalue weighted by Crippen LogP contribution is 2.35. The summed E-state index contributed by atoms with van der Waals surface area (Å²) in [5, 5.41) is 14.4. The number of pyridine rings is 1. The molecular formula is C23H23Cl2N7O. The van der Waals surface area contributed by atoms with Crippen molar-refractivity contribution < 1.29 is 4.74 Å². The number of nitrogens with zero attached hydrogens (tertiary/aromatic N) is 5. The molecule has 0 amide bonds. The maximum Gasteiger partial charge on any atom is 0.159 e. The number of rotatable bonds is 5. The Morgan fingerprint density at radius 1 is 1.06 bits per heavy atom. The number of ether oxygens (including phenoxy) is 1. The van der Waals surface area contributed by atoms with E-state index < -0.39 is 0 Å². The number of halogens is 2. The Kier molecular flexibility index (Phi) is 5.25. The molecule has 2 aliphatic heterocycles. The number of aromatic amines is 2. The molecule has 0 aliphatic carbocycles. The molecule has 1 atom stereocenters.